The molecule has 3 rings (SSSR count). The fraction of sp³-hybridized carbons (Fsp3) is 0.167. The number of hydrogen-bond donors (Lipinski definition) is 0. The number of ether oxygens (including phenoxy) is 2. The highest BCUT2D eigenvalue weighted by Gasteiger charge is 2.33. The van der Waals surface area contributed by atoms with Crippen molar-refractivity contribution in [2.75, 3.05) is 18.0 Å². The Kier molecular flexibility index (Phi) is 7.62. The standard InChI is InChI=1S/C24H24N2O5S/c1-3-18-31-24(27)26(32(28,29)22-12-10-21(30-2)11-13-22)23-7-5-4-6-20(23)9-8-19-14-16-25-17-15-19/h4-17H,3,18H2,1-2H3/b9-8+. The molecule has 0 atom stereocenters. The fourth-order valence-electron chi connectivity index (χ4n) is 2.90. The lowest BCUT2D eigenvalue weighted by atomic mass is 10.1. The Morgan fingerprint density at radius 1 is 1.00 bits per heavy atom. The van der Waals surface area contributed by atoms with Gasteiger partial charge in [0.2, 0.25) is 0 Å². The molecule has 0 aliphatic heterocycles. The minimum absolute atomic E-state index is 0.0559. The molecule has 3 aromatic rings. The first-order valence-corrected chi connectivity index (χ1v) is 11.4. The Hall–Kier alpha value is -3.65. The fourth-order valence-corrected chi connectivity index (χ4v) is 4.27. The van der Waals surface area contributed by atoms with Gasteiger partial charge in [0, 0.05) is 12.4 Å². The summed E-state index contributed by atoms with van der Waals surface area (Å²) in [5.41, 5.74) is 1.61. The van der Waals surface area contributed by atoms with Gasteiger partial charge >= 0.3 is 6.09 Å². The molecule has 0 bridgehead atoms. The largest absolute Gasteiger partial charge is 0.497 e. The zero-order valence-electron chi connectivity index (χ0n) is 17.8. The molecule has 7 nitrogen and oxygen atoms in total. The van der Waals surface area contributed by atoms with Crippen LogP contribution in [0.25, 0.3) is 12.2 Å². The van der Waals surface area contributed by atoms with Crippen LogP contribution in [0.2, 0.25) is 0 Å². The normalized spacial score (nSPS) is 11.3. The first-order valence-electron chi connectivity index (χ1n) is 10.0. The number of anilines is 1. The predicted molar refractivity (Wildman–Crippen MR) is 124 cm³/mol. The van der Waals surface area contributed by atoms with Crippen LogP contribution < -0.4 is 9.04 Å². The third kappa shape index (κ3) is 5.33. The number of pyridine rings is 1. The van der Waals surface area contributed by atoms with Gasteiger partial charge in [-0.15, -0.1) is 0 Å². The number of aromatic nitrogens is 1. The Labute approximate surface area is 188 Å². The quantitative estimate of drug-likeness (QED) is 0.478. The van der Waals surface area contributed by atoms with Crippen molar-refractivity contribution in [2.24, 2.45) is 0 Å². The molecule has 0 N–H and O–H groups in total. The Bertz CT molecular complexity index is 1180. The average Bonchev–Trinajstić information content (AvgIpc) is 2.82. The summed E-state index contributed by atoms with van der Waals surface area (Å²) in [5, 5.41) is 0. The van der Waals surface area contributed by atoms with E-state index in [2.05, 4.69) is 4.98 Å². The first-order chi connectivity index (χ1) is 15.5. The van der Waals surface area contributed by atoms with E-state index in [1.807, 2.05) is 25.1 Å². The van der Waals surface area contributed by atoms with Crippen LogP contribution in [0, 0.1) is 0 Å². The van der Waals surface area contributed by atoms with E-state index in [9.17, 15) is 13.2 Å². The van der Waals surface area contributed by atoms with E-state index in [0.717, 1.165) is 5.56 Å². The van der Waals surface area contributed by atoms with Crippen LogP contribution in [-0.2, 0) is 14.8 Å². The number of amides is 1. The van der Waals surface area contributed by atoms with Gasteiger partial charge in [-0.05, 0) is 60.0 Å². The highest BCUT2D eigenvalue weighted by Crippen LogP contribution is 2.30. The molecule has 32 heavy (non-hydrogen) atoms. The van der Waals surface area contributed by atoms with Crippen LogP contribution in [0.4, 0.5) is 10.5 Å². The zero-order chi connectivity index (χ0) is 23.0. The highest BCUT2D eigenvalue weighted by atomic mass is 32.2. The van der Waals surface area contributed by atoms with Crippen molar-refractivity contribution in [3.05, 3.63) is 84.2 Å². The van der Waals surface area contributed by atoms with Crippen molar-refractivity contribution in [2.45, 2.75) is 18.2 Å². The van der Waals surface area contributed by atoms with Crippen molar-refractivity contribution in [1.29, 1.82) is 0 Å². The van der Waals surface area contributed by atoms with Gasteiger partial charge in [0.1, 0.15) is 5.75 Å². The van der Waals surface area contributed by atoms with Gasteiger partial charge in [-0.25, -0.2) is 13.2 Å². The number of methoxy groups -OCH3 is 1. The van der Waals surface area contributed by atoms with Crippen LogP contribution in [0.1, 0.15) is 24.5 Å². The molecule has 0 spiro atoms. The van der Waals surface area contributed by atoms with Gasteiger partial charge < -0.3 is 9.47 Å². The second kappa shape index (κ2) is 10.6. The molecule has 0 unspecified atom stereocenters. The van der Waals surface area contributed by atoms with E-state index < -0.39 is 16.1 Å². The number of rotatable bonds is 8. The number of para-hydroxylation sites is 1. The first kappa shape index (κ1) is 23.0. The van der Waals surface area contributed by atoms with E-state index in [-0.39, 0.29) is 17.2 Å². The molecule has 0 fully saturated rings. The van der Waals surface area contributed by atoms with Crippen LogP contribution in [-0.4, -0.2) is 33.2 Å². The maximum Gasteiger partial charge on any atom is 0.428 e. The predicted octanol–water partition coefficient (Wildman–Crippen LogP) is 5.00. The van der Waals surface area contributed by atoms with E-state index in [0.29, 0.717) is 22.0 Å². The average molecular weight is 453 g/mol. The summed E-state index contributed by atoms with van der Waals surface area (Å²) in [6.07, 6.45) is 6.48. The Morgan fingerprint density at radius 3 is 2.34 bits per heavy atom. The Morgan fingerprint density at radius 2 is 1.69 bits per heavy atom. The van der Waals surface area contributed by atoms with Crippen molar-refractivity contribution < 1.29 is 22.7 Å². The molecule has 0 aliphatic rings. The molecule has 0 saturated carbocycles. The van der Waals surface area contributed by atoms with Gasteiger partial charge in [-0.2, -0.15) is 4.31 Å². The number of carbonyl (C=O) groups is 1. The SMILES string of the molecule is CCCOC(=O)N(c1ccccc1/C=C/c1ccncc1)S(=O)(=O)c1ccc(OC)cc1. The summed E-state index contributed by atoms with van der Waals surface area (Å²) in [4.78, 5) is 16.9. The molecular weight excluding hydrogens is 428 g/mol. The monoisotopic (exact) mass is 452 g/mol. The molecule has 1 heterocycles. The van der Waals surface area contributed by atoms with Crippen LogP contribution in [0.15, 0.2) is 78.0 Å². The number of benzene rings is 2. The minimum atomic E-state index is -4.25. The topological polar surface area (TPSA) is 85.8 Å². The van der Waals surface area contributed by atoms with Gasteiger partial charge in [0.25, 0.3) is 10.0 Å². The Balaban J connectivity index is 2.08. The molecule has 8 heteroatoms. The summed E-state index contributed by atoms with van der Waals surface area (Å²) in [6.45, 7) is 1.93. The lowest BCUT2D eigenvalue weighted by molar-refractivity contribution is 0.158. The van der Waals surface area contributed by atoms with Crippen LogP contribution in [0.3, 0.4) is 0 Å². The van der Waals surface area contributed by atoms with Crippen molar-refractivity contribution in [3.63, 3.8) is 0 Å². The number of sulfonamides is 1. The molecule has 0 radical (unpaired) electrons. The maximum absolute atomic E-state index is 13.5. The van der Waals surface area contributed by atoms with E-state index in [1.165, 1.54) is 31.4 Å². The summed E-state index contributed by atoms with van der Waals surface area (Å²) >= 11 is 0. The molecule has 0 aliphatic carbocycles. The second-order valence-electron chi connectivity index (χ2n) is 6.73. The molecular formula is C24H24N2O5S. The van der Waals surface area contributed by atoms with Gasteiger partial charge in [-0.1, -0.05) is 37.3 Å². The van der Waals surface area contributed by atoms with Crippen LogP contribution >= 0.6 is 0 Å². The maximum atomic E-state index is 13.5. The molecule has 0 saturated heterocycles. The van der Waals surface area contributed by atoms with Crippen molar-refractivity contribution >= 4 is 34.0 Å². The number of nitrogens with zero attached hydrogens (tertiary/aromatic N) is 2. The number of carbonyl (C=O) groups excluding carboxylic acids is 1. The summed E-state index contributed by atoms with van der Waals surface area (Å²) in [6, 6.07) is 16.2. The lowest BCUT2D eigenvalue weighted by Gasteiger charge is -2.23. The third-order valence-corrected chi connectivity index (χ3v) is 6.20. The van der Waals surface area contributed by atoms with Crippen LogP contribution in [0.5, 0.6) is 5.75 Å². The zero-order valence-corrected chi connectivity index (χ0v) is 18.7. The second-order valence-corrected chi connectivity index (χ2v) is 8.52. The minimum Gasteiger partial charge on any atom is -0.497 e. The lowest BCUT2D eigenvalue weighted by Crippen LogP contribution is -2.38. The van der Waals surface area contributed by atoms with E-state index in [4.69, 9.17) is 9.47 Å². The molecule has 2 aromatic carbocycles. The van der Waals surface area contributed by atoms with Gasteiger partial charge in [0.05, 0.1) is 24.3 Å². The summed E-state index contributed by atoms with van der Waals surface area (Å²) in [5.74, 6) is 0.504. The summed E-state index contributed by atoms with van der Waals surface area (Å²) < 4.78 is 38.1. The van der Waals surface area contributed by atoms with E-state index in [1.54, 1.807) is 42.7 Å². The third-order valence-electron chi connectivity index (χ3n) is 4.51. The highest BCUT2D eigenvalue weighted by molar-refractivity contribution is 7.93. The van der Waals surface area contributed by atoms with Gasteiger partial charge in [-0.3, -0.25) is 4.98 Å². The molecule has 166 valence electrons. The number of hydrogen-bond acceptors (Lipinski definition) is 6. The van der Waals surface area contributed by atoms with Crippen molar-refractivity contribution in [1.82, 2.24) is 4.98 Å². The smallest absolute Gasteiger partial charge is 0.428 e. The molecule has 1 amide bonds. The molecule has 1 aromatic heterocycles. The van der Waals surface area contributed by atoms with Gasteiger partial charge in [0.15, 0.2) is 0 Å². The van der Waals surface area contributed by atoms with Crippen molar-refractivity contribution in [3.8, 4) is 5.75 Å². The summed E-state index contributed by atoms with van der Waals surface area (Å²) in [7, 11) is -2.77. The van der Waals surface area contributed by atoms with E-state index >= 15 is 0 Å².